The second kappa shape index (κ2) is 4.26. The minimum absolute atomic E-state index is 0.280. The maximum Gasteiger partial charge on any atom is 0.157 e. The second-order valence-corrected chi connectivity index (χ2v) is 5.20. The number of carbonyl (C=O) groups excluding carboxylic acids is 1. The monoisotopic (exact) mass is 229 g/mol. The SMILES string of the molecule is O=C1CCCCC1(c1ccccc1)N1CCC1. The van der Waals surface area contributed by atoms with Gasteiger partial charge in [-0.1, -0.05) is 36.8 Å². The van der Waals surface area contributed by atoms with E-state index in [9.17, 15) is 4.79 Å². The smallest absolute Gasteiger partial charge is 0.157 e. The Morgan fingerprint density at radius 3 is 2.35 bits per heavy atom. The fourth-order valence-electron chi connectivity index (χ4n) is 3.25. The van der Waals surface area contributed by atoms with Crippen LogP contribution in [0.2, 0.25) is 0 Å². The van der Waals surface area contributed by atoms with E-state index in [0.717, 1.165) is 32.4 Å². The van der Waals surface area contributed by atoms with Crippen LogP contribution in [0.25, 0.3) is 0 Å². The molecule has 2 aliphatic rings. The molecule has 1 aliphatic heterocycles. The van der Waals surface area contributed by atoms with Gasteiger partial charge in [0.25, 0.3) is 0 Å². The minimum atomic E-state index is -0.280. The van der Waals surface area contributed by atoms with Crippen LogP contribution in [-0.4, -0.2) is 23.8 Å². The molecule has 0 bridgehead atoms. The fraction of sp³-hybridized carbons (Fsp3) is 0.533. The van der Waals surface area contributed by atoms with E-state index in [2.05, 4.69) is 29.2 Å². The summed E-state index contributed by atoms with van der Waals surface area (Å²) in [5.41, 5.74) is 0.932. The van der Waals surface area contributed by atoms with Gasteiger partial charge >= 0.3 is 0 Å². The van der Waals surface area contributed by atoms with Gasteiger partial charge in [-0.3, -0.25) is 9.69 Å². The molecule has 1 aromatic carbocycles. The van der Waals surface area contributed by atoms with Crippen molar-refractivity contribution in [1.29, 1.82) is 0 Å². The predicted octanol–water partition coefficient (Wildman–Crippen LogP) is 2.73. The normalized spacial score (nSPS) is 30.0. The largest absolute Gasteiger partial charge is 0.297 e. The van der Waals surface area contributed by atoms with E-state index in [1.54, 1.807) is 0 Å². The summed E-state index contributed by atoms with van der Waals surface area (Å²) in [5, 5.41) is 0. The van der Waals surface area contributed by atoms with Crippen LogP contribution in [0.3, 0.4) is 0 Å². The third-order valence-electron chi connectivity index (χ3n) is 4.30. The zero-order valence-corrected chi connectivity index (χ0v) is 10.2. The number of likely N-dealkylation sites (tertiary alicyclic amines) is 1. The standard InChI is InChI=1S/C15H19NO/c17-14-9-4-5-10-15(14,16-11-6-12-16)13-7-2-1-3-8-13/h1-3,7-8H,4-6,9-12H2. The lowest BCUT2D eigenvalue weighted by molar-refractivity contribution is -0.138. The van der Waals surface area contributed by atoms with Crippen molar-refractivity contribution < 1.29 is 4.79 Å². The van der Waals surface area contributed by atoms with E-state index >= 15 is 0 Å². The Hall–Kier alpha value is -1.15. The molecular weight excluding hydrogens is 210 g/mol. The number of ketones is 1. The van der Waals surface area contributed by atoms with Gasteiger partial charge in [0.15, 0.2) is 5.78 Å². The molecular formula is C15H19NO. The van der Waals surface area contributed by atoms with Gasteiger partial charge in [0.1, 0.15) is 5.54 Å². The Morgan fingerprint density at radius 1 is 1.00 bits per heavy atom. The average molecular weight is 229 g/mol. The van der Waals surface area contributed by atoms with Crippen LogP contribution in [0.5, 0.6) is 0 Å². The molecule has 2 fully saturated rings. The van der Waals surface area contributed by atoms with Crippen LogP contribution < -0.4 is 0 Å². The number of hydrogen-bond donors (Lipinski definition) is 0. The van der Waals surface area contributed by atoms with Crippen molar-refractivity contribution in [3.63, 3.8) is 0 Å². The van der Waals surface area contributed by atoms with E-state index in [0.29, 0.717) is 5.78 Å². The van der Waals surface area contributed by atoms with E-state index in [1.165, 1.54) is 18.4 Å². The predicted molar refractivity (Wildman–Crippen MR) is 67.8 cm³/mol. The Bertz CT molecular complexity index is 410. The first-order valence-corrected chi connectivity index (χ1v) is 6.68. The topological polar surface area (TPSA) is 20.3 Å². The second-order valence-electron chi connectivity index (χ2n) is 5.20. The van der Waals surface area contributed by atoms with Gasteiger partial charge in [0, 0.05) is 19.5 Å². The first kappa shape index (κ1) is 11.0. The Morgan fingerprint density at radius 2 is 1.76 bits per heavy atom. The molecule has 1 heterocycles. The number of rotatable bonds is 2. The summed E-state index contributed by atoms with van der Waals surface area (Å²) in [6.07, 6.45) is 5.25. The van der Waals surface area contributed by atoms with Crippen molar-refractivity contribution in [2.75, 3.05) is 13.1 Å². The molecule has 0 aromatic heterocycles. The van der Waals surface area contributed by atoms with Gasteiger partial charge in [-0.2, -0.15) is 0 Å². The molecule has 1 unspecified atom stereocenters. The summed E-state index contributed by atoms with van der Waals surface area (Å²) in [6, 6.07) is 10.4. The lowest BCUT2D eigenvalue weighted by Gasteiger charge is -2.50. The van der Waals surface area contributed by atoms with Crippen LogP contribution in [0.4, 0.5) is 0 Å². The number of carbonyl (C=O) groups is 1. The van der Waals surface area contributed by atoms with Crippen LogP contribution in [-0.2, 0) is 10.3 Å². The Labute approximate surface area is 103 Å². The van der Waals surface area contributed by atoms with E-state index in [-0.39, 0.29) is 5.54 Å². The molecule has 2 nitrogen and oxygen atoms in total. The third-order valence-corrected chi connectivity index (χ3v) is 4.30. The van der Waals surface area contributed by atoms with Gasteiger partial charge in [0.05, 0.1) is 0 Å². The molecule has 17 heavy (non-hydrogen) atoms. The van der Waals surface area contributed by atoms with Gasteiger partial charge in [-0.05, 0) is 24.8 Å². The van der Waals surface area contributed by atoms with Crippen molar-refractivity contribution in [2.45, 2.75) is 37.6 Å². The number of hydrogen-bond acceptors (Lipinski definition) is 2. The first-order valence-electron chi connectivity index (χ1n) is 6.68. The molecule has 1 aromatic rings. The zero-order valence-electron chi connectivity index (χ0n) is 10.2. The Kier molecular flexibility index (Phi) is 2.75. The lowest BCUT2D eigenvalue weighted by atomic mass is 9.73. The molecule has 1 saturated heterocycles. The van der Waals surface area contributed by atoms with Crippen molar-refractivity contribution >= 4 is 5.78 Å². The molecule has 0 spiro atoms. The van der Waals surface area contributed by atoms with E-state index in [4.69, 9.17) is 0 Å². The molecule has 1 saturated carbocycles. The highest BCUT2D eigenvalue weighted by Gasteiger charge is 2.47. The van der Waals surface area contributed by atoms with Gasteiger partial charge in [-0.15, -0.1) is 0 Å². The van der Waals surface area contributed by atoms with Crippen molar-refractivity contribution in [3.05, 3.63) is 35.9 Å². The van der Waals surface area contributed by atoms with Crippen molar-refractivity contribution in [1.82, 2.24) is 4.90 Å². The highest BCUT2D eigenvalue weighted by atomic mass is 16.1. The molecule has 0 radical (unpaired) electrons. The van der Waals surface area contributed by atoms with Crippen LogP contribution in [0.1, 0.15) is 37.7 Å². The highest BCUT2D eigenvalue weighted by molar-refractivity contribution is 5.90. The minimum Gasteiger partial charge on any atom is -0.297 e. The maximum atomic E-state index is 12.5. The molecule has 1 aliphatic carbocycles. The summed E-state index contributed by atoms with van der Waals surface area (Å²) < 4.78 is 0. The zero-order chi connectivity index (χ0) is 11.7. The fourth-order valence-corrected chi connectivity index (χ4v) is 3.25. The summed E-state index contributed by atoms with van der Waals surface area (Å²) in [7, 11) is 0. The van der Waals surface area contributed by atoms with Crippen LogP contribution in [0, 0.1) is 0 Å². The molecule has 2 heteroatoms. The van der Waals surface area contributed by atoms with Crippen molar-refractivity contribution in [3.8, 4) is 0 Å². The third kappa shape index (κ3) is 1.62. The first-order chi connectivity index (χ1) is 8.34. The summed E-state index contributed by atoms with van der Waals surface area (Å²) in [4.78, 5) is 14.9. The highest BCUT2D eigenvalue weighted by Crippen LogP contribution is 2.42. The van der Waals surface area contributed by atoms with Crippen molar-refractivity contribution in [2.24, 2.45) is 0 Å². The molecule has 1 atom stereocenters. The molecule has 0 N–H and O–H groups in total. The summed E-state index contributed by atoms with van der Waals surface area (Å²) in [6.45, 7) is 2.17. The van der Waals surface area contributed by atoms with Crippen LogP contribution in [0.15, 0.2) is 30.3 Å². The molecule has 3 rings (SSSR count). The van der Waals surface area contributed by atoms with E-state index in [1.807, 2.05) is 6.07 Å². The van der Waals surface area contributed by atoms with Gasteiger partial charge in [0.2, 0.25) is 0 Å². The average Bonchev–Trinajstić information content (AvgIpc) is 2.31. The van der Waals surface area contributed by atoms with Crippen LogP contribution >= 0.6 is 0 Å². The molecule has 0 amide bonds. The molecule has 90 valence electrons. The Balaban J connectivity index is 2.03. The maximum absolute atomic E-state index is 12.5. The number of nitrogens with zero attached hydrogens (tertiary/aromatic N) is 1. The van der Waals surface area contributed by atoms with E-state index < -0.39 is 0 Å². The summed E-state index contributed by atoms with van der Waals surface area (Å²) in [5.74, 6) is 0.439. The number of benzene rings is 1. The van der Waals surface area contributed by atoms with Gasteiger partial charge < -0.3 is 0 Å². The van der Waals surface area contributed by atoms with Gasteiger partial charge in [-0.25, -0.2) is 0 Å². The number of Topliss-reactive ketones (excluding diaryl/α,β-unsaturated/α-hetero) is 1. The lowest BCUT2D eigenvalue weighted by Crippen LogP contribution is -2.58. The quantitative estimate of drug-likeness (QED) is 0.777. The summed E-state index contributed by atoms with van der Waals surface area (Å²) >= 11 is 0.